The summed E-state index contributed by atoms with van der Waals surface area (Å²) in [6, 6.07) is 15.1. The lowest BCUT2D eigenvalue weighted by Crippen LogP contribution is -2.14. The van der Waals surface area contributed by atoms with Gasteiger partial charge in [-0.15, -0.1) is 11.8 Å². The second-order valence-corrected chi connectivity index (χ2v) is 5.27. The minimum atomic E-state index is -0.0592. The molecule has 0 spiro atoms. The Morgan fingerprint density at radius 1 is 1.05 bits per heavy atom. The predicted octanol–water partition coefficient (Wildman–Crippen LogP) is 3.43. The van der Waals surface area contributed by atoms with Crippen LogP contribution in [-0.4, -0.2) is 25.9 Å². The summed E-state index contributed by atoms with van der Waals surface area (Å²) >= 11 is 1.50. The molecule has 5 heteroatoms. The van der Waals surface area contributed by atoms with E-state index in [0.717, 1.165) is 4.90 Å². The first-order valence-corrected chi connectivity index (χ1v) is 7.41. The van der Waals surface area contributed by atoms with Crippen LogP contribution in [0.4, 0.5) is 5.69 Å². The highest BCUT2D eigenvalue weighted by Gasteiger charge is 2.07. The smallest absolute Gasteiger partial charge is 0.234 e. The Labute approximate surface area is 128 Å². The second kappa shape index (κ2) is 7.59. The van der Waals surface area contributed by atoms with Crippen molar-refractivity contribution >= 4 is 23.4 Å². The molecule has 0 bridgehead atoms. The summed E-state index contributed by atoms with van der Waals surface area (Å²) in [4.78, 5) is 13.0. The number of nitrogens with one attached hydrogen (secondary N) is 1. The van der Waals surface area contributed by atoms with Crippen LogP contribution in [0.1, 0.15) is 0 Å². The lowest BCUT2D eigenvalue weighted by Gasteiger charge is -2.10. The van der Waals surface area contributed by atoms with Crippen LogP contribution in [0.25, 0.3) is 0 Å². The van der Waals surface area contributed by atoms with Gasteiger partial charge in [-0.05, 0) is 24.3 Å². The van der Waals surface area contributed by atoms with Crippen LogP contribution in [0.3, 0.4) is 0 Å². The maximum Gasteiger partial charge on any atom is 0.234 e. The van der Waals surface area contributed by atoms with Gasteiger partial charge in [-0.1, -0.05) is 18.2 Å². The summed E-state index contributed by atoms with van der Waals surface area (Å²) in [5.74, 6) is 1.52. The SMILES string of the molecule is COc1ccc(NC(=O)CSc2ccccc2)cc1OC. The summed E-state index contributed by atoms with van der Waals surface area (Å²) in [6.45, 7) is 0. The molecule has 2 rings (SSSR count). The number of hydrogen-bond donors (Lipinski definition) is 1. The van der Waals surface area contributed by atoms with Crippen LogP contribution < -0.4 is 14.8 Å². The van der Waals surface area contributed by atoms with Crippen molar-refractivity contribution in [3.63, 3.8) is 0 Å². The van der Waals surface area contributed by atoms with Crippen molar-refractivity contribution in [2.24, 2.45) is 0 Å². The minimum absolute atomic E-state index is 0.0592. The number of amides is 1. The molecule has 0 heterocycles. The maximum atomic E-state index is 11.9. The monoisotopic (exact) mass is 303 g/mol. The Kier molecular flexibility index (Phi) is 5.51. The highest BCUT2D eigenvalue weighted by Crippen LogP contribution is 2.29. The first-order valence-electron chi connectivity index (χ1n) is 6.42. The molecule has 4 nitrogen and oxygen atoms in total. The summed E-state index contributed by atoms with van der Waals surface area (Å²) in [5, 5.41) is 2.84. The molecule has 21 heavy (non-hydrogen) atoms. The Morgan fingerprint density at radius 2 is 1.76 bits per heavy atom. The van der Waals surface area contributed by atoms with Crippen molar-refractivity contribution in [3.8, 4) is 11.5 Å². The number of ether oxygens (including phenoxy) is 2. The molecule has 0 fully saturated rings. The number of carbonyl (C=O) groups is 1. The van der Waals surface area contributed by atoms with Crippen molar-refractivity contribution in [1.29, 1.82) is 0 Å². The number of thioether (sulfide) groups is 1. The lowest BCUT2D eigenvalue weighted by molar-refractivity contribution is -0.113. The Hall–Kier alpha value is -2.14. The van der Waals surface area contributed by atoms with E-state index in [-0.39, 0.29) is 5.91 Å². The second-order valence-electron chi connectivity index (χ2n) is 4.22. The maximum absolute atomic E-state index is 11.9. The third-order valence-electron chi connectivity index (χ3n) is 2.78. The molecule has 0 saturated carbocycles. The number of benzene rings is 2. The van der Waals surface area contributed by atoms with Gasteiger partial charge in [-0.3, -0.25) is 4.79 Å². The molecule has 0 atom stereocenters. The highest BCUT2D eigenvalue weighted by molar-refractivity contribution is 8.00. The van der Waals surface area contributed by atoms with Crippen molar-refractivity contribution in [2.45, 2.75) is 4.90 Å². The molecule has 110 valence electrons. The third-order valence-corrected chi connectivity index (χ3v) is 3.79. The molecule has 1 N–H and O–H groups in total. The quantitative estimate of drug-likeness (QED) is 0.831. The van der Waals surface area contributed by atoms with Gasteiger partial charge in [0.2, 0.25) is 5.91 Å². The highest BCUT2D eigenvalue weighted by atomic mass is 32.2. The van der Waals surface area contributed by atoms with Crippen LogP contribution >= 0.6 is 11.8 Å². The molecule has 0 saturated heterocycles. The van der Waals surface area contributed by atoms with E-state index in [9.17, 15) is 4.79 Å². The molecule has 0 radical (unpaired) electrons. The zero-order valence-corrected chi connectivity index (χ0v) is 12.8. The lowest BCUT2D eigenvalue weighted by atomic mass is 10.2. The van der Waals surface area contributed by atoms with Crippen molar-refractivity contribution in [1.82, 2.24) is 0 Å². The molecule has 2 aromatic carbocycles. The largest absolute Gasteiger partial charge is 0.493 e. The van der Waals surface area contributed by atoms with Gasteiger partial charge in [0, 0.05) is 16.6 Å². The predicted molar refractivity (Wildman–Crippen MR) is 85.3 cm³/mol. The Balaban J connectivity index is 1.93. The van der Waals surface area contributed by atoms with Crippen molar-refractivity contribution in [3.05, 3.63) is 48.5 Å². The van der Waals surface area contributed by atoms with Gasteiger partial charge in [-0.2, -0.15) is 0 Å². The van der Waals surface area contributed by atoms with E-state index in [1.807, 2.05) is 30.3 Å². The van der Waals surface area contributed by atoms with Gasteiger partial charge < -0.3 is 14.8 Å². The van der Waals surface area contributed by atoms with E-state index < -0.39 is 0 Å². The van der Waals surface area contributed by atoms with Crippen LogP contribution in [0, 0.1) is 0 Å². The summed E-state index contributed by atoms with van der Waals surface area (Å²) in [7, 11) is 3.14. The number of methoxy groups -OCH3 is 2. The average Bonchev–Trinajstić information content (AvgIpc) is 2.53. The molecule has 0 unspecified atom stereocenters. The molecular weight excluding hydrogens is 286 g/mol. The zero-order valence-electron chi connectivity index (χ0n) is 12.0. The van der Waals surface area contributed by atoms with E-state index in [1.165, 1.54) is 11.8 Å². The van der Waals surface area contributed by atoms with Gasteiger partial charge in [0.05, 0.1) is 20.0 Å². The Morgan fingerprint density at radius 3 is 2.43 bits per heavy atom. The van der Waals surface area contributed by atoms with Crippen LogP contribution in [0.2, 0.25) is 0 Å². The summed E-state index contributed by atoms with van der Waals surface area (Å²) in [5.41, 5.74) is 0.686. The minimum Gasteiger partial charge on any atom is -0.493 e. The van der Waals surface area contributed by atoms with Crippen LogP contribution in [0.5, 0.6) is 11.5 Å². The van der Waals surface area contributed by atoms with Gasteiger partial charge in [0.1, 0.15) is 0 Å². The molecule has 0 aliphatic rings. The molecule has 1 amide bonds. The van der Waals surface area contributed by atoms with E-state index in [4.69, 9.17) is 9.47 Å². The fourth-order valence-electron chi connectivity index (χ4n) is 1.78. The number of rotatable bonds is 6. The first-order chi connectivity index (χ1) is 10.2. The average molecular weight is 303 g/mol. The van der Waals surface area contributed by atoms with Gasteiger partial charge in [-0.25, -0.2) is 0 Å². The molecular formula is C16H17NO3S. The standard InChI is InChI=1S/C16H17NO3S/c1-19-14-9-8-12(10-15(14)20-2)17-16(18)11-21-13-6-4-3-5-7-13/h3-10H,11H2,1-2H3,(H,17,18). The van der Waals surface area contributed by atoms with Gasteiger partial charge in [0.25, 0.3) is 0 Å². The molecule has 0 aliphatic carbocycles. The summed E-state index contributed by atoms with van der Waals surface area (Å²) < 4.78 is 10.4. The van der Waals surface area contributed by atoms with E-state index in [2.05, 4.69) is 5.32 Å². The topological polar surface area (TPSA) is 47.6 Å². The van der Waals surface area contributed by atoms with E-state index >= 15 is 0 Å². The van der Waals surface area contributed by atoms with E-state index in [1.54, 1.807) is 32.4 Å². The fourth-order valence-corrected chi connectivity index (χ4v) is 2.50. The van der Waals surface area contributed by atoms with Gasteiger partial charge in [0.15, 0.2) is 11.5 Å². The number of carbonyl (C=O) groups excluding carboxylic acids is 1. The van der Waals surface area contributed by atoms with Gasteiger partial charge >= 0.3 is 0 Å². The molecule has 0 aliphatic heterocycles. The third kappa shape index (κ3) is 4.43. The summed E-state index contributed by atoms with van der Waals surface area (Å²) in [6.07, 6.45) is 0. The van der Waals surface area contributed by atoms with Crippen LogP contribution in [-0.2, 0) is 4.79 Å². The fraction of sp³-hybridized carbons (Fsp3) is 0.188. The van der Waals surface area contributed by atoms with Crippen molar-refractivity contribution < 1.29 is 14.3 Å². The van der Waals surface area contributed by atoms with E-state index in [0.29, 0.717) is 22.9 Å². The molecule has 0 aromatic heterocycles. The molecule has 2 aromatic rings. The van der Waals surface area contributed by atoms with Crippen molar-refractivity contribution in [2.75, 3.05) is 25.3 Å². The number of hydrogen-bond acceptors (Lipinski definition) is 4. The number of anilines is 1. The zero-order chi connectivity index (χ0) is 15.1. The Bertz CT molecular complexity index is 602. The van der Waals surface area contributed by atoms with Crippen LogP contribution in [0.15, 0.2) is 53.4 Å². The normalized spacial score (nSPS) is 10.0. The first kappa shape index (κ1) is 15.3.